The zero-order valence-electron chi connectivity index (χ0n) is 13.4. The van der Waals surface area contributed by atoms with E-state index in [-0.39, 0.29) is 5.78 Å². The molecule has 0 radical (unpaired) electrons. The Hall–Kier alpha value is -2.84. The molecule has 4 rings (SSSR count). The number of rotatable bonds is 2. The molecule has 0 spiro atoms. The molecule has 1 heterocycles. The van der Waals surface area contributed by atoms with Crippen LogP contribution in [0.15, 0.2) is 84.4 Å². The van der Waals surface area contributed by atoms with Crippen LogP contribution in [0.3, 0.4) is 0 Å². The molecule has 0 N–H and O–H groups in total. The van der Waals surface area contributed by atoms with Crippen LogP contribution in [0.2, 0.25) is 5.02 Å². The SMILES string of the molecule is O=C1C(=Cc2ccc(Cl)cc2)C(c2ccccc2)Oc2ccccc21. The lowest BCUT2D eigenvalue weighted by Gasteiger charge is -2.28. The Labute approximate surface area is 151 Å². The lowest BCUT2D eigenvalue weighted by atomic mass is 9.89. The van der Waals surface area contributed by atoms with Crippen molar-refractivity contribution >= 4 is 23.5 Å². The van der Waals surface area contributed by atoms with Gasteiger partial charge in [0.25, 0.3) is 0 Å². The van der Waals surface area contributed by atoms with Crippen molar-refractivity contribution in [3.05, 3.63) is 106 Å². The Morgan fingerprint density at radius 3 is 2.28 bits per heavy atom. The summed E-state index contributed by atoms with van der Waals surface area (Å²) in [5.41, 5.74) is 3.07. The predicted molar refractivity (Wildman–Crippen MR) is 100 cm³/mol. The Morgan fingerprint density at radius 1 is 0.840 bits per heavy atom. The molecule has 0 saturated carbocycles. The second-order valence-electron chi connectivity index (χ2n) is 5.89. The molecule has 2 nitrogen and oxygen atoms in total. The molecule has 0 aliphatic carbocycles. The van der Waals surface area contributed by atoms with E-state index in [0.717, 1.165) is 11.1 Å². The molecule has 1 unspecified atom stereocenters. The first kappa shape index (κ1) is 15.7. The third kappa shape index (κ3) is 3.09. The van der Waals surface area contributed by atoms with Crippen LogP contribution in [-0.4, -0.2) is 5.78 Å². The molecule has 1 aliphatic rings. The van der Waals surface area contributed by atoms with Gasteiger partial charge in [0.15, 0.2) is 11.9 Å². The molecule has 0 aromatic heterocycles. The van der Waals surface area contributed by atoms with E-state index >= 15 is 0 Å². The Balaban J connectivity index is 1.85. The molecule has 25 heavy (non-hydrogen) atoms. The maximum absolute atomic E-state index is 13.1. The maximum atomic E-state index is 13.1. The summed E-state index contributed by atoms with van der Waals surface area (Å²) in [5, 5.41) is 0.665. The minimum absolute atomic E-state index is 0.00865. The normalized spacial score (nSPS) is 17.9. The molecule has 3 aromatic rings. The summed E-state index contributed by atoms with van der Waals surface area (Å²) in [4.78, 5) is 13.1. The summed E-state index contributed by atoms with van der Waals surface area (Å²) < 4.78 is 6.18. The first-order valence-corrected chi connectivity index (χ1v) is 8.42. The summed E-state index contributed by atoms with van der Waals surface area (Å²) in [6, 6.07) is 24.6. The van der Waals surface area contributed by atoms with Crippen molar-refractivity contribution in [1.82, 2.24) is 0 Å². The number of halogens is 1. The fourth-order valence-corrected chi connectivity index (χ4v) is 3.10. The minimum atomic E-state index is -0.431. The fourth-order valence-electron chi connectivity index (χ4n) is 2.98. The second-order valence-corrected chi connectivity index (χ2v) is 6.32. The third-order valence-electron chi connectivity index (χ3n) is 4.22. The van der Waals surface area contributed by atoms with Gasteiger partial charge in [0, 0.05) is 10.6 Å². The van der Waals surface area contributed by atoms with Gasteiger partial charge in [-0.1, -0.05) is 66.2 Å². The van der Waals surface area contributed by atoms with E-state index < -0.39 is 6.10 Å². The van der Waals surface area contributed by atoms with Gasteiger partial charge in [-0.05, 0) is 41.5 Å². The lowest BCUT2D eigenvalue weighted by molar-refractivity contribution is 0.0963. The van der Waals surface area contributed by atoms with Gasteiger partial charge in [0.1, 0.15) is 5.75 Å². The maximum Gasteiger partial charge on any atom is 0.196 e. The van der Waals surface area contributed by atoms with Crippen molar-refractivity contribution in [2.24, 2.45) is 0 Å². The highest BCUT2D eigenvalue weighted by molar-refractivity contribution is 6.30. The van der Waals surface area contributed by atoms with E-state index in [1.54, 1.807) is 6.07 Å². The van der Waals surface area contributed by atoms with Gasteiger partial charge in [-0.3, -0.25) is 4.79 Å². The number of para-hydroxylation sites is 1. The van der Waals surface area contributed by atoms with Crippen LogP contribution in [0, 0.1) is 0 Å². The number of hydrogen-bond donors (Lipinski definition) is 0. The predicted octanol–water partition coefficient (Wildman–Crippen LogP) is 5.74. The van der Waals surface area contributed by atoms with Crippen molar-refractivity contribution in [2.75, 3.05) is 0 Å². The van der Waals surface area contributed by atoms with Crippen LogP contribution in [0.4, 0.5) is 0 Å². The first-order chi connectivity index (χ1) is 12.2. The van der Waals surface area contributed by atoms with Crippen molar-refractivity contribution in [2.45, 2.75) is 6.10 Å². The zero-order valence-corrected chi connectivity index (χ0v) is 14.1. The third-order valence-corrected chi connectivity index (χ3v) is 4.47. The van der Waals surface area contributed by atoms with Crippen molar-refractivity contribution in [3.8, 4) is 5.75 Å². The highest BCUT2D eigenvalue weighted by Crippen LogP contribution is 2.39. The van der Waals surface area contributed by atoms with Gasteiger partial charge in [-0.2, -0.15) is 0 Å². The first-order valence-electron chi connectivity index (χ1n) is 8.05. The molecule has 0 bridgehead atoms. The van der Waals surface area contributed by atoms with Crippen molar-refractivity contribution < 1.29 is 9.53 Å². The molecule has 3 heteroatoms. The van der Waals surface area contributed by atoms with Crippen molar-refractivity contribution in [3.63, 3.8) is 0 Å². The number of Topliss-reactive ketones (excluding diaryl/α,β-unsaturated/α-hetero) is 1. The van der Waals surface area contributed by atoms with Crippen LogP contribution < -0.4 is 4.74 Å². The Kier molecular flexibility index (Phi) is 4.12. The van der Waals surface area contributed by atoms with E-state index in [0.29, 0.717) is 21.9 Å². The topological polar surface area (TPSA) is 26.3 Å². The highest BCUT2D eigenvalue weighted by atomic mass is 35.5. The fraction of sp³-hybridized carbons (Fsp3) is 0.0455. The van der Waals surface area contributed by atoms with E-state index in [1.165, 1.54) is 0 Å². The number of ether oxygens (including phenoxy) is 1. The van der Waals surface area contributed by atoms with E-state index in [4.69, 9.17) is 16.3 Å². The summed E-state index contributed by atoms with van der Waals surface area (Å²) in [7, 11) is 0. The number of fused-ring (bicyclic) bond motifs is 1. The van der Waals surface area contributed by atoms with Crippen LogP contribution in [0.5, 0.6) is 5.75 Å². The molecule has 1 aliphatic heterocycles. The van der Waals surface area contributed by atoms with Gasteiger partial charge in [0.2, 0.25) is 0 Å². The van der Waals surface area contributed by atoms with E-state index in [1.807, 2.05) is 78.9 Å². The lowest BCUT2D eigenvalue weighted by Crippen LogP contribution is -2.23. The summed E-state index contributed by atoms with van der Waals surface area (Å²) in [5.74, 6) is 0.611. The number of benzene rings is 3. The largest absolute Gasteiger partial charge is 0.480 e. The second kappa shape index (κ2) is 6.58. The number of ketones is 1. The smallest absolute Gasteiger partial charge is 0.196 e. The van der Waals surface area contributed by atoms with Gasteiger partial charge in [-0.25, -0.2) is 0 Å². The van der Waals surface area contributed by atoms with Crippen LogP contribution in [0.25, 0.3) is 6.08 Å². The summed E-state index contributed by atoms with van der Waals surface area (Å²) >= 11 is 5.96. The number of carbonyl (C=O) groups excluding carboxylic acids is 1. The van der Waals surface area contributed by atoms with Gasteiger partial charge in [0.05, 0.1) is 5.56 Å². The van der Waals surface area contributed by atoms with Crippen LogP contribution >= 0.6 is 11.6 Å². The molecule has 0 amide bonds. The quantitative estimate of drug-likeness (QED) is 0.553. The van der Waals surface area contributed by atoms with Gasteiger partial charge < -0.3 is 4.74 Å². The molecular weight excluding hydrogens is 332 g/mol. The van der Waals surface area contributed by atoms with Gasteiger partial charge >= 0.3 is 0 Å². The molecule has 122 valence electrons. The van der Waals surface area contributed by atoms with E-state index in [2.05, 4.69) is 0 Å². The molecule has 0 saturated heterocycles. The van der Waals surface area contributed by atoms with Crippen molar-refractivity contribution in [1.29, 1.82) is 0 Å². The van der Waals surface area contributed by atoms with Crippen LogP contribution in [0.1, 0.15) is 27.6 Å². The van der Waals surface area contributed by atoms with Gasteiger partial charge in [-0.15, -0.1) is 0 Å². The zero-order chi connectivity index (χ0) is 17.2. The standard InChI is InChI=1S/C22H15ClO2/c23-17-12-10-15(11-13-17)14-19-21(24)18-8-4-5-9-20(18)25-22(19)16-6-2-1-3-7-16/h1-14,22H. The molecule has 0 fully saturated rings. The number of carbonyl (C=O) groups is 1. The molecule has 3 aromatic carbocycles. The summed E-state index contributed by atoms with van der Waals surface area (Å²) in [6.07, 6.45) is 1.45. The number of hydrogen-bond acceptors (Lipinski definition) is 2. The molecule has 1 atom stereocenters. The van der Waals surface area contributed by atoms with Crippen LogP contribution in [-0.2, 0) is 0 Å². The van der Waals surface area contributed by atoms with E-state index in [9.17, 15) is 4.79 Å². The minimum Gasteiger partial charge on any atom is -0.480 e. The average Bonchev–Trinajstić information content (AvgIpc) is 2.66. The summed E-state index contributed by atoms with van der Waals surface area (Å²) in [6.45, 7) is 0. The highest BCUT2D eigenvalue weighted by Gasteiger charge is 2.32. The average molecular weight is 347 g/mol. The molecular formula is C22H15ClO2. The Morgan fingerprint density at radius 2 is 1.52 bits per heavy atom. The monoisotopic (exact) mass is 346 g/mol. The Bertz CT molecular complexity index is 943.